The first-order chi connectivity index (χ1) is 9.62. The number of hydrogen-bond acceptors (Lipinski definition) is 2. The molecule has 0 bridgehead atoms. The molecule has 2 unspecified atom stereocenters. The van der Waals surface area contributed by atoms with Gasteiger partial charge in [0.15, 0.2) is 0 Å². The van der Waals surface area contributed by atoms with Crippen molar-refractivity contribution >= 4 is 15.9 Å². The number of nitrogens with one attached hydrogen (secondary N) is 1. The standard InChI is InChI=1S/C16H28BrN3/c1-5-13-16(17)15(20(7-3)19-13)10-14(18-6-2)11(4)12-8-9-12/h11-12,14,18H,5-10H2,1-4H3. The summed E-state index contributed by atoms with van der Waals surface area (Å²) < 4.78 is 3.40. The number of nitrogens with zero attached hydrogens (tertiary/aromatic N) is 2. The molecule has 4 heteroatoms. The van der Waals surface area contributed by atoms with E-state index >= 15 is 0 Å². The van der Waals surface area contributed by atoms with Crippen LogP contribution in [0.2, 0.25) is 0 Å². The number of halogens is 1. The fraction of sp³-hybridized carbons (Fsp3) is 0.812. The molecule has 1 N–H and O–H groups in total. The van der Waals surface area contributed by atoms with Crippen molar-refractivity contribution in [2.24, 2.45) is 11.8 Å². The minimum absolute atomic E-state index is 0.565. The molecular weight excluding hydrogens is 314 g/mol. The van der Waals surface area contributed by atoms with Crippen molar-refractivity contribution in [1.82, 2.24) is 15.1 Å². The van der Waals surface area contributed by atoms with Gasteiger partial charge in [-0.25, -0.2) is 0 Å². The first-order valence-electron chi connectivity index (χ1n) is 8.09. The smallest absolute Gasteiger partial charge is 0.0766 e. The largest absolute Gasteiger partial charge is 0.314 e. The summed E-state index contributed by atoms with van der Waals surface area (Å²) in [5, 5.41) is 8.42. The molecule has 2 rings (SSSR count). The van der Waals surface area contributed by atoms with Crippen LogP contribution in [0.3, 0.4) is 0 Å². The van der Waals surface area contributed by atoms with Gasteiger partial charge in [0.1, 0.15) is 0 Å². The summed E-state index contributed by atoms with van der Waals surface area (Å²) in [5.41, 5.74) is 2.55. The molecular formula is C16H28BrN3. The van der Waals surface area contributed by atoms with Gasteiger partial charge in [-0.1, -0.05) is 20.8 Å². The van der Waals surface area contributed by atoms with Crippen molar-refractivity contribution in [3.8, 4) is 0 Å². The molecule has 3 nitrogen and oxygen atoms in total. The molecule has 1 aliphatic rings. The van der Waals surface area contributed by atoms with Crippen LogP contribution in [-0.2, 0) is 19.4 Å². The molecule has 114 valence electrons. The minimum atomic E-state index is 0.565. The van der Waals surface area contributed by atoms with Gasteiger partial charge in [0, 0.05) is 19.0 Å². The van der Waals surface area contributed by atoms with Gasteiger partial charge >= 0.3 is 0 Å². The molecule has 1 aliphatic carbocycles. The first kappa shape index (κ1) is 16.0. The summed E-state index contributed by atoms with van der Waals surface area (Å²) in [4.78, 5) is 0. The lowest BCUT2D eigenvalue weighted by Crippen LogP contribution is -2.38. The zero-order chi connectivity index (χ0) is 14.7. The number of aryl methyl sites for hydroxylation is 2. The summed E-state index contributed by atoms with van der Waals surface area (Å²) in [5.74, 6) is 1.69. The molecule has 0 amide bonds. The molecule has 1 aromatic heterocycles. The highest BCUT2D eigenvalue weighted by Crippen LogP contribution is 2.39. The quantitative estimate of drug-likeness (QED) is 0.779. The maximum Gasteiger partial charge on any atom is 0.0766 e. The molecule has 0 aromatic carbocycles. The molecule has 1 aromatic rings. The third kappa shape index (κ3) is 3.45. The lowest BCUT2D eigenvalue weighted by atomic mass is 9.92. The van der Waals surface area contributed by atoms with E-state index in [9.17, 15) is 0 Å². The van der Waals surface area contributed by atoms with Crippen molar-refractivity contribution < 1.29 is 0 Å². The normalized spacial score (nSPS) is 18.2. The van der Waals surface area contributed by atoms with E-state index in [2.05, 4.69) is 53.6 Å². The summed E-state index contributed by atoms with van der Waals surface area (Å²) >= 11 is 3.77. The second-order valence-electron chi connectivity index (χ2n) is 5.94. The van der Waals surface area contributed by atoms with E-state index in [4.69, 9.17) is 5.10 Å². The highest BCUT2D eigenvalue weighted by atomic mass is 79.9. The van der Waals surface area contributed by atoms with Gasteiger partial charge in [-0.2, -0.15) is 5.10 Å². The van der Waals surface area contributed by atoms with Crippen LogP contribution in [0, 0.1) is 11.8 Å². The summed E-state index contributed by atoms with van der Waals surface area (Å²) in [6, 6.07) is 0.565. The molecule has 0 saturated heterocycles. The number of likely N-dealkylation sites (N-methyl/N-ethyl adjacent to an activating group) is 1. The van der Waals surface area contributed by atoms with Crippen molar-refractivity contribution in [1.29, 1.82) is 0 Å². The SMILES string of the molecule is CCNC(Cc1c(Br)c(CC)nn1CC)C(C)C1CC1. The summed E-state index contributed by atoms with van der Waals surface area (Å²) in [6.45, 7) is 11.0. The van der Waals surface area contributed by atoms with Crippen LogP contribution in [0.25, 0.3) is 0 Å². The lowest BCUT2D eigenvalue weighted by molar-refractivity contribution is 0.338. The van der Waals surface area contributed by atoms with E-state index in [0.717, 1.165) is 37.8 Å². The Kier molecular flexibility index (Phi) is 5.67. The van der Waals surface area contributed by atoms with Crippen molar-refractivity contribution in [3.63, 3.8) is 0 Å². The Morgan fingerprint density at radius 2 is 2.05 bits per heavy atom. The van der Waals surface area contributed by atoms with Crippen LogP contribution < -0.4 is 5.32 Å². The third-order valence-corrected chi connectivity index (χ3v) is 5.49. The van der Waals surface area contributed by atoms with Gasteiger partial charge in [0.2, 0.25) is 0 Å². The monoisotopic (exact) mass is 341 g/mol. The number of rotatable bonds is 8. The third-order valence-electron chi connectivity index (χ3n) is 4.57. The molecule has 0 radical (unpaired) electrons. The molecule has 2 atom stereocenters. The van der Waals surface area contributed by atoms with Crippen LogP contribution in [-0.4, -0.2) is 22.4 Å². The Balaban J connectivity index is 2.18. The van der Waals surface area contributed by atoms with Gasteiger partial charge in [0.05, 0.1) is 15.9 Å². The topological polar surface area (TPSA) is 29.9 Å². The molecule has 1 saturated carbocycles. The maximum atomic E-state index is 4.72. The fourth-order valence-electron chi connectivity index (χ4n) is 3.08. The predicted octanol–water partition coefficient (Wildman–Crippen LogP) is 3.79. The van der Waals surface area contributed by atoms with E-state index in [1.165, 1.54) is 28.7 Å². The Morgan fingerprint density at radius 1 is 1.35 bits per heavy atom. The Labute approximate surface area is 131 Å². The number of hydrogen-bond donors (Lipinski definition) is 1. The molecule has 0 aliphatic heterocycles. The van der Waals surface area contributed by atoms with Crippen molar-refractivity contribution in [2.45, 2.75) is 66.0 Å². The van der Waals surface area contributed by atoms with Gasteiger partial charge in [-0.15, -0.1) is 0 Å². The summed E-state index contributed by atoms with van der Waals surface area (Å²) in [6.07, 6.45) is 4.90. The zero-order valence-electron chi connectivity index (χ0n) is 13.2. The second kappa shape index (κ2) is 7.08. The van der Waals surface area contributed by atoms with Gasteiger partial charge < -0.3 is 5.32 Å². The van der Waals surface area contributed by atoms with Crippen LogP contribution >= 0.6 is 15.9 Å². The van der Waals surface area contributed by atoms with E-state index < -0.39 is 0 Å². The van der Waals surface area contributed by atoms with Crippen LogP contribution in [0.5, 0.6) is 0 Å². The van der Waals surface area contributed by atoms with Gasteiger partial charge in [-0.3, -0.25) is 4.68 Å². The summed E-state index contributed by atoms with van der Waals surface area (Å²) in [7, 11) is 0. The van der Waals surface area contributed by atoms with Crippen molar-refractivity contribution in [3.05, 3.63) is 15.9 Å². The Bertz CT molecular complexity index is 437. The maximum absolute atomic E-state index is 4.72. The minimum Gasteiger partial charge on any atom is -0.314 e. The fourth-order valence-corrected chi connectivity index (χ4v) is 3.80. The van der Waals surface area contributed by atoms with Crippen molar-refractivity contribution in [2.75, 3.05) is 6.54 Å². The van der Waals surface area contributed by atoms with E-state index in [-0.39, 0.29) is 0 Å². The molecule has 20 heavy (non-hydrogen) atoms. The van der Waals surface area contributed by atoms with Gasteiger partial charge in [-0.05, 0) is 60.5 Å². The van der Waals surface area contributed by atoms with Crippen LogP contribution in [0.1, 0.15) is 51.9 Å². The van der Waals surface area contributed by atoms with E-state index in [0.29, 0.717) is 6.04 Å². The van der Waals surface area contributed by atoms with E-state index in [1.54, 1.807) is 0 Å². The van der Waals surface area contributed by atoms with Gasteiger partial charge in [0.25, 0.3) is 0 Å². The lowest BCUT2D eigenvalue weighted by Gasteiger charge is -2.25. The first-order valence-corrected chi connectivity index (χ1v) is 8.88. The second-order valence-corrected chi connectivity index (χ2v) is 6.73. The Hall–Kier alpha value is -0.350. The van der Waals surface area contributed by atoms with E-state index in [1.807, 2.05) is 0 Å². The highest BCUT2D eigenvalue weighted by molar-refractivity contribution is 9.10. The highest BCUT2D eigenvalue weighted by Gasteiger charge is 2.33. The number of aromatic nitrogens is 2. The van der Waals surface area contributed by atoms with Crippen LogP contribution in [0.4, 0.5) is 0 Å². The average molecular weight is 342 g/mol. The molecule has 1 heterocycles. The molecule has 0 spiro atoms. The molecule has 1 fully saturated rings. The van der Waals surface area contributed by atoms with Crippen LogP contribution in [0.15, 0.2) is 4.47 Å². The zero-order valence-corrected chi connectivity index (χ0v) is 14.8. The Morgan fingerprint density at radius 3 is 2.55 bits per heavy atom. The predicted molar refractivity (Wildman–Crippen MR) is 88.0 cm³/mol. The average Bonchev–Trinajstić information content (AvgIpc) is 3.24.